The molecule has 0 unspecified atom stereocenters. The van der Waals surface area contributed by atoms with Gasteiger partial charge in [0.1, 0.15) is 0 Å². The van der Waals surface area contributed by atoms with Gasteiger partial charge in [-0.1, -0.05) is 0 Å². The number of nitrogens with one attached hydrogen (secondary N) is 1. The maximum absolute atomic E-state index is 12.9. The van der Waals surface area contributed by atoms with Gasteiger partial charge in [0.15, 0.2) is 0 Å². The molecule has 8 heteroatoms. The van der Waals surface area contributed by atoms with Gasteiger partial charge in [0.05, 0.1) is 24.3 Å². The van der Waals surface area contributed by atoms with E-state index in [1.165, 1.54) is 17.2 Å². The van der Waals surface area contributed by atoms with Crippen LogP contribution in [-0.4, -0.2) is 42.5 Å². The molecule has 0 aliphatic rings. The molecule has 0 bridgehead atoms. The molecule has 0 aliphatic heterocycles. The number of hydrogen-bond donors (Lipinski definition) is 2. The molecule has 20 heavy (non-hydrogen) atoms. The second kappa shape index (κ2) is 7.20. The Labute approximate surface area is 115 Å². The second-order valence-corrected chi connectivity index (χ2v) is 4.12. The van der Waals surface area contributed by atoms with Crippen molar-refractivity contribution in [3.63, 3.8) is 0 Å². The van der Waals surface area contributed by atoms with Crippen LogP contribution in [0.3, 0.4) is 0 Å². The number of aromatic nitrogens is 1. The number of pyridine rings is 1. The number of likely N-dealkylation sites (N-methyl/N-ethyl adjacent to an activating group) is 1. The number of carbonyl (C=O) groups excluding carboxylic acids is 1. The van der Waals surface area contributed by atoms with Crippen molar-refractivity contribution in [1.82, 2.24) is 15.2 Å². The van der Waals surface area contributed by atoms with Crippen LogP contribution in [0.4, 0.5) is 13.2 Å². The van der Waals surface area contributed by atoms with Crippen molar-refractivity contribution in [3.8, 4) is 0 Å². The van der Waals surface area contributed by atoms with Crippen LogP contribution in [0.2, 0.25) is 0 Å². The van der Waals surface area contributed by atoms with Crippen molar-refractivity contribution >= 4 is 5.91 Å². The van der Waals surface area contributed by atoms with E-state index in [1.54, 1.807) is 7.05 Å². The molecular weight excluding hydrogens is 273 g/mol. The van der Waals surface area contributed by atoms with E-state index in [9.17, 15) is 18.0 Å². The van der Waals surface area contributed by atoms with Crippen molar-refractivity contribution in [1.29, 1.82) is 0 Å². The number of alkyl halides is 3. The van der Waals surface area contributed by atoms with Gasteiger partial charge < -0.3 is 16.0 Å². The first-order valence-corrected chi connectivity index (χ1v) is 6.03. The highest BCUT2D eigenvalue weighted by molar-refractivity contribution is 5.78. The number of amides is 1. The fraction of sp³-hybridized carbons (Fsp3) is 0.500. The largest absolute Gasteiger partial charge is 0.418 e. The van der Waals surface area contributed by atoms with Gasteiger partial charge in [-0.05, 0) is 19.2 Å². The Kier molecular flexibility index (Phi) is 5.90. The van der Waals surface area contributed by atoms with Crippen molar-refractivity contribution in [2.75, 3.05) is 26.7 Å². The van der Waals surface area contributed by atoms with Gasteiger partial charge in [0, 0.05) is 19.3 Å². The number of hydrogen-bond acceptors (Lipinski definition) is 4. The molecule has 0 aliphatic carbocycles. The highest BCUT2D eigenvalue weighted by Gasteiger charge is 2.34. The second-order valence-electron chi connectivity index (χ2n) is 4.12. The average molecular weight is 290 g/mol. The average Bonchev–Trinajstić information content (AvgIpc) is 2.42. The topological polar surface area (TPSA) is 71.2 Å². The van der Waals surface area contributed by atoms with Gasteiger partial charge in [0.25, 0.3) is 0 Å². The quantitative estimate of drug-likeness (QED) is 0.805. The lowest BCUT2D eigenvalue weighted by atomic mass is 10.1. The minimum Gasteiger partial charge on any atom is -0.334 e. The molecular formula is C12H17F3N4O. The Morgan fingerprint density at radius 1 is 1.50 bits per heavy atom. The minimum absolute atomic E-state index is 0.182. The van der Waals surface area contributed by atoms with Crippen LogP contribution in [0.5, 0.6) is 0 Å². The third kappa shape index (κ3) is 4.46. The molecule has 112 valence electrons. The zero-order valence-electron chi connectivity index (χ0n) is 11.1. The van der Waals surface area contributed by atoms with Crippen molar-refractivity contribution in [2.45, 2.75) is 12.7 Å². The summed E-state index contributed by atoms with van der Waals surface area (Å²) in [6.07, 6.45) is -3.22. The maximum Gasteiger partial charge on any atom is 0.418 e. The molecule has 0 radical (unpaired) electrons. The molecule has 5 nitrogen and oxygen atoms in total. The van der Waals surface area contributed by atoms with Crippen LogP contribution in [-0.2, 0) is 17.5 Å². The normalized spacial score (nSPS) is 11.4. The van der Waals surface area contributed by atoms with Gasteiger partial charge in [-0.15, -0.1) is 0 Å². The molecule has 1 aromatic heterocycles. The molecule has 0 aromatic carbocycles. The Morgan fingerprint density at radius 2 is 2.20 bits per heavy atom. The maximum atomic E-state index is 12.9. The van der Waals surface area contributed by atoms with Crippen LogP contribution < -0.4 is 11.1 Å². The Morgan fingerprint density at radius 3 is 2.75 bits per heavy atom. The van der Waals surface area contributed by atoms with Crippen LogP contribution in [0.15, 0.2) is 18.3 Å². The molecule has 0 saturated carbocycles. The summed E-state index contributed by atoms with van der Waals surface area (Å²) >= 11 is 0. The SMILES string of the molecule is CNCCN(Cc1ncccc1C(F)(F)F)C(=O)CN. The van der Waals surface area contributed by atoms with Gasteiger partial charge in [-0.25, -0.2) is 0 Å². The predicted octanol–water partition coefficient (Wildman–Crippen LogP) is 0.607. The van der Waals surface area contributed by atoms with Crippen molar-refractivity contribution in [2.24, 2.45) is 5.73 Å². The first kappa shape index (κ1) is 16.4. The summed E-state index contributed by atoms with van der Waals surface area (Å²) in [6, 6.07) is 2.17. The molecule has 0 fully saturated rings. The van der Waals surface area contributed by atoms with E-state index in [0.717, 1.165) is 6.07 Å². The lowest BCUT2D eigenvalue weighted by Gasteiger charge is -2.23. The zero-order valence-corrected chi connectivity index (χ0v) is 11.1. The summed E-state index contributed by atoms with van der Waals surface area (Å²) in [7, 11) is 1.69. The van der Waals surface area contributed by atoms with Crippen molar-refractivity contribution in [3.05, 3.63) is 29.6 Å². The predicted molar refractivity (Wildman–Crippen MR) is 67.6 cm³/mol. The lowest BCUT2D eigenvalue weighted by Crippen LogP contribution is -2.40. The smallest absolute Gasteiger partial charge is 0.334 e. The highest BCUT2D eigenvalue weighted by Crippen LogP contribution is 2.31. The molecule has 1 amide bonds. The summed E-state index contributed by atoms with van der Waals surface area (Å²) < 4.78 is 38.6. The highest BCUT2D eigenvalue weighted by atomic mass is 19.4. The molecule has 0 spiro atoms. The Bertz CT molecular complexity index is 451. The van der Waals surface area contributed by atoms with Crippen LogP contribution in [0, 0.1) is 0 Å². The number of nitrogens with two attached hydrogens (primary N) is 1. The summed E-state index contributed by atoms with van der Waals surface area (Å²) in [6.45, 7) is 0.256. The van der Waals surface area contributed by atoms with E-state index < -0.39 is 17.6 Å². The number of carbonyl (C=O) groups is 1. The standard InChI is InChI=1S/C12H17F3N4O/c1-17-5-6-19(11(20)7-16)8-10-9(12(13,14)15)3-2-4-18-10/h2-4,17H,5-8,16H2,1H3. The van der Waals surface area contributed by atoms with Crippen LogP contribution in [0.25, 0.3) is 0 Å². The molecule has 0 saturated heterocycles. The van der Waals surface area contributed by atoms with Gasteiger partial charge in [-0.3, -0.25) is 9.78 Å². The van der Waals surface area contributed by atoms with Gasteiger partial charge >= 0.3 is 6.18 Å². The van der Waals surface area contributed by atoms with E-state index >= 15 is 0 Å². The van der Waals surface area contributed by atoms with E-state index in [4.69, 9.17) is 5.73 Å². The molecule has 1 rings (SSSR count). The van der Waals surface area contributed by atoms with E-state index in [0.29, 0.717) is 6.54 Å². The number of halogens is 3. The third-order valence-electron chi connectivity index (χ3n) is 2.70. The first-order chi connectivity index (χ1) is 9.40. The summed E-state index contributed by atoms with van der Waals surface area (Å²) in [4.78, 5) is 16.6. The molecule has 1 heterocycles. The Hall–Kier alpha value is -1.67. The molecule has 3 N–H and O–H groups in total. The molecule has 0 atom stereocenters. The number of rotatable bonds is 6. The van der Waals surface area contributed by atoms with E-state index in [2.05, 4.69) is 10.3 Å². The van der Waals surface area contributed by atoms with E-state index in [1.807, 2.05) is 0 Å². The monoisotopic (exact) mass is 290 g/mol. The Balaban J connectivity index is 2.96. The fourth-order valence-corrected chi connectivity index (χ4v) is 1.67. The third-order valence-corrected chi connectivity index (χ3v) is 2.70. The zero-order chi connectivity index (χ0) is 15.2. The molecule has 1 aromatic rings. The summed E-state index contributed by atoms with van der Waals surface area (Å²) in [5.41, 5.74) is 4.25. The lowest BCUT2D eigenvalue weighted by molar-refractivity contribution is -0.140. The number of nitrogens with zero attached hydrogens (tertiary/aromatic N) is 2. The van der Waals surface area contributed by atoms with Gasteiger partial charge in [0.2, 0.25) is 5.91 Å². The fourth-order valence-electron chi connectivity index (χ4n) is 1.67. The summed E-state index contributed by atoms with van der Waals surface area (Å²) in [5, 5.41) is 2.83. The van der Waals surface area contributed by atoms with Crippen LogP contribution >= 0.6 is 0 Å². The van der Waals surface area contributed by atoms with E-state index in [-0.39, 0.29) is 25.3 Å². The minimum atomic E-state index is -4.50. The van der Waals surface area contributed by atoms with Gasteiger partial charge in [-0.2, -0.15) is 13.2 Å². The van der Waals surface area contributed by atoms with Crippen molar-refractivity contribution < 1.29 is 18.0 Å². The summed E-state index contributed by atoms with van der Waals surface area (Å²) in [5.74, 6) is -0.418. The first-order valence-electron chi connectivity index (χ1n) is 6.03. The van der Waals surface area contributed by atoms with Crippen LogP contribution in [0.1, 0.15) is 11.3 Å².